The van der Waals surface area contributed by atoms with Crippen LogP contribution in [-0.4, -0.2) is 19.9 Å². The molecule has 0 spiro atoms. The highest BCUT2D eigenvalue weighted by Crippen LogP contribution is 2.24. The minimum atomic E-state index is -3.50. The summed E-state index contributed by atoms with van der Waals surface area (Å²) in [6, 6.07) is 8.96. The molecule has 1 N–H and O–H groups in total. The number of nitrogens with one attached hydrogen (secondary N) is 1. The lowest BCUT2D eigenvalue weighted by atomic mass is 9.90. The van der Waals surface area contributed by atoms with E-state index in [1.165, 1.54) is 19.3 Å². The molecule has 1 fully saturated rings. The van der Waals surface area contributed by atoms with Gasteiger partial charge in [0, 0.05) is 18.1 Å². The molecule has 1 heterocycles. The molecular formula is C16H20N2O2S. The Morgan fingerprint density at radius 3 is 2.67 bits per heavy atom. The number of nitrogens with zero attached hydrogens (tertiary/aromatic N) is 1. The zero-order valence-corrected chi connectivity index (χ0v) is 12.8. The van der Waals surface area contributed by atoms with E-state index in [2.05, 4.69) is 9.71 Å². The van der Waals surface area contributed by atoms with E-state index < -0.39 is 10.0 Å². The van der Waals surface area contributed by atoms with Gasteiger partial charge in [0.25, 0.3) is 0 Å². The van der Waals surface area contributed by atoms with Gasteiger partial charge < -0.3 is 0 Å². The van der Waals surface area contributed by atoms with Crippen molar-refractivity contribution in [1.29, 1.82) is 0 Å². The number of aromatic nitrogens is 1. The first kappa shape index (κ1) is 14.5. The van der Waals surface area contributed by atoms with Crippen LogP contribution in [0.2, 0.25) is 0 Å². The van der Waals surface area contributed by atoms with Gasteiger partial charge >= 0.3 is 0 Å². The van der Waals surface area contributed by atoms with Gasteiger partial charge in [-0.2, -0.15) is 0 Å². The second-order valence-corrected chi connectivity index (χ2v) is 7.42. The van der Waals surface area contributed by atoms with Gasteiger partial charge in [-0.1, -0.05) is 37.5 Å². The average Bonchev–Trinajstić information content (AvgIpc) is 2.53. The molecule has 2 aromatic rings. The molecule has 1 aliphatic rings. The lowest BCUT2D eigenvalue weighted by molar-refractivity contribution is 0.357. The predicted molar refractivity (Wildman–Crippen MR) is 83.5 cm³/mol. The van der Waals surface area contributed by atoms with E-state index in [1.54, 1.807) is 18.3 Å². The van der Waals surface area contributed by atoms with E-state index in [0.29, 0.717) is 18.0 Å². The Bertz CT molecular complexity index is 717. The third-order valence-electron chi connectivity index (χ3n) is 4.17. The third-order valence-corrected chi connectivity index (χ3v) is 5.63. The molecular weight excluding hydrogens is 284 g/mol. The summed E-state index contributed by atoms with van der Waals surface area (Å²) in [6.07, 6.45) is 7.57. The summed E-state index contributed by atoms with van der Waals surface area (Å²) < 4.78 is 27.8. The first-order valence-electron chi connectivity index (χ1n) is 7.50. The van der Waals surface area contributed by atoms with Crippen LogP contribution in [0, 0.1) is 5.92 Å². The zero-order valence-electron chi connectivity index (χ0n) is 12.0. The highest BCUT2D eigenvalue weighted by Gasteiger charge is 2.20. The molecule has 0 aliphatic heterocycles. The molecule has 0 unspecified atom stereocenters. The summed E-state index contributed by atoms with van der Waals surface area (Å²) in [4.78, 5) is 4.50. The molecule has 112 valence electrons. The molecule has 1 aromatic heterocycles. The monoisotopic (exact) mass is 304 g/mol. The topological polar surface area (TPSA) is 59.1 Å². The van der Waals surface area contributed by atoms with Gasteiger partial charge in [-0.3, -0.25) is 4.98 Å². The van der Waals surface area contributed by atoms with E-state index >= 15 is 0 Å². The maximum Gasteiger partial charge on any atom is 0.242 e. The van der Waals surface area contributed by atoms with E-state index in [1.807, 2.05) is 18.2 Å². The Morgan fingerprint density at radius 1 is 1.10 bits per heavy atom. The summed E-state index contributed by atoms with van der Waals surface area (Å²) in [7, 11) is -3.50. The van der Waals surface area contributed by atoms with Crippen LogP contribution in [0.3, 0.4) is 0 Å². The largest absolute Gasteiger partial charge is 0.255 e. The number of hydrogen-bond acceptors (Lipinski definition) is 3. The molecule has 5 heteroatoms. The predicted octanol–water partition coefficient (Wildman–Crippen LogP) is 3.09. The Labute approximate surface area is 125 Å². The second kappa shape index (κ2) is 6.12. The van der Waals surface area contributed by atoms with Crippen LogP contribution in [0.15, 0.2) is 41.4 Å². The molecule has 0 amide bonds. The van der Waals surface area contributed by atoms with Crippen LogP contribution < -0.4 is 4.72 Å². The molecule has 1 saturated carbocycles. The fourth-order valence-electron chi connectivity index (χ4n) is 2.99. The average molecular weight is 304 g/mol. The van der Waals surface area contributed by atoms with Crippen molar-refractivity contribution in [2.45, 2.75) is 37.0 Å². The summed E-state index contributed by atoms with van der Waals surface area (Å²) >= 11 is 0. The van der Waals surface area contributed by atoms with Crippen LogP contribution in [0.5, 0.6) is 0 Å². The van der Waals surface area contributed by atoms with Crippen LogP contribution in [0.1, 0.15) is 32.1 Å². The van der Waals surface area contributed by atoms with Crippen molar-refractivity contribution in [1.82, 2.24) is 9.71 Å². The lowest BCUT2D eigenvalue weighted by Gasteiger charge is -2.21. The van der Waals surface area contributed by atoms with Gasteiger partial charge in [-0.05, 0) is 30.9 Å². The van der Waals surface area contributed by atoms with E-state index in [4.69, 9.17) is 0 Å². The van der Waals surface area contributed by atoms with Crippen LogP contribution in [0.4, 0.5) is 0 Å². The molecule has 1 aromatic carbocycles. The molecule has 1 aliphatic carbocycles. The van der Waals surface area contributed by atoms with Gasteiger partial charge in [0.1, 0.15) is 4.90 Å². The van der Waals surface area contributed by atoms with E-state index in [9.17, 15) is 8.42 Å². The van der Waals surface area contributed by atoms with Gasteiger partial charge in [-0.15, -0.1) is 0 Å². The van der Waals surface area contributed by atoms with Crippen LogP contribution in [-0.2, 0) is 10.0 Å². The van der Waals surface area contributed by atoms with Crippen molar-refractivity contribution in [3.8, 4) is 0 Å². The van der Waals surface area contributed by atoms with Crippen molar-refractivity contribution < 1.29 is 8.42 Å². The minimum absolute atomic E-state index is 0.274. The van der Waals surface area contributed by atoms with Gasteiger partial charge in [-0.25, -0.2) is 13.1 Å². The first-order valence-corrected chi connectivity index (χ1v) is 8.98. The van der Waals surface area contributed by atoms with Crippen LogP contribution in [0.25, 0.3) is 10.9 Å². The van der Waals surface area contributed by atoms with E-state index in [-0.39, 0.29) is 4.90 Å². The van der Waals surface area contributed by atoms with Crippen molar-refractivity contribution >= 4 is 20.9 Å². The molecule has 21 heavy (non-hydrogen) atoms. The number of sulfonamides is 1. The van der Waals surface area contributed by atoms with Crippen molar-refractivity contribution in [3.63, 3.8) is 0 Å². The summed E-state index contributed by atoms with van der Waals surface area (Å²) in [5, 5.41) is 0.845. The summed E-state index contributed by atoms with van der Waals surface area (Å²) in [6.45, 7) is 0.533. The van der Waals surface area contributed by atoms with Crippen LogP contribution >= 0.6 is 0 Å². The van der Waals surface area contributed by atoms with Gasteiger partial charge in [0.05, 0.1) is 5.52 Å². The molecule has 4 nitrogen and oxygen atoms in total. The Kier molecular flexibility index (Phi) is 4.22. The molecule has 0 bridgehead atoms. The van der Waals surface area contributed by atoms with Crippen molar-refractivity contribution in [2.24, 2.45) is 5.92 Å². The number of rotatable bonds is 4. The number of benzene rings is 1. The zero-order chi connectivity index (χ0) is 14.7. The highest BCUT2D eigenvalue weighted by atomic mass is 32.2. The maximum atomic E-state index is 12.5. The Morgan fingerprint density at radius 2 is 1.86 bits per heavy atom. The van der Waals surface area contributed by atoms with Gasteiger partial charge in [0.15, 0.2) is 0 Å². The minimum Gasteiger partial charge on any atom is -0.255 e. The van der Waals surface area contributed by atoms with E-state index in [0.717, 1.165) is 18.2 Å². The normalized spacial score (nSPS) is 17.1. The fourth-order valence-corrected chi connectivity index (χ4v) is 4.28. The summed E-state index contributed by atoms with van der Waals surface area (Å²) in [5.74, 6) is 0.469. The number of pyridine rings is 1. The number of para-hydroxylation sites is 1. The first-order chi connectivity index (χ1) is 10.2. The quantitative estimate of drug-likeness (QED) is 0.944. The van der Waals surface area contributed by atoms with Crippen molar-refractivity contribution in [2.75, 3.05) is 6.54 Å². The standard InChI is InChI=1S/C16H20N2O2S/c19-21(20,18-12-13-6-2-1-3-7-13)15-10-4-8-14-9-5-11-17-16(14)15/h4-5,8-11,13,18H,1-3,6-7,12H2. The smallest absolute Gasteiger partial charge is 0.242 e. The lowest BCUT2D eigenvalue weighted by Crippen LogP contribution is -2.30. The number of hydrogen-bond donors (Lipinski definition) is 1. The molecule has 0 radical (unpaired) electrons. The fraction of sp³-hybridized carbons (Fsp3) is 0.438. The third kappa shape index (κ3) is 3.24. The number of fused-ring (bicyclic) bond motifs is 1. The molecule has 3 rings (SSSR count). The summed E-state index contributed by atoms with van der Waals surface area (Å²) in [5.41, 5.74) is 0.538. The molecule has 0 saturated heterocycles. The highest BCUT2D eigenvalue weighted by molar-refractivity contribution is 7.89. The second-order valence-electron chi connectivity index (χ2n) is 5.69. The Balaban J connectivity index is 1.83. The molecule has 0 atom stereocenters. The van der Waals surface area contributed by atoms with Gasteiger partial charge in [0.2, 0.25) is 10.0 Å². The SMILES string of the molecule is O=S(=O)(NCC1CCCCC1)c1cccc2cccnc12. The van der Waals surface area contributed by atoms with Crippen molar-refractivity contribution in [3.05, 3.63) is 36.5 Å². The maximum absolute atomic E-state index is 12.5. The Hall–Kier alpha value is -1.46.